The first-order valence-electron chi connectivity index (χ1n) is 4.99. The van der Waals surface area contributed by atoms with Crippen LogP contribution in [0.1, 0.15) is 25.7 Å². The first-order valence-corrected chi connectivity index (χ1v) is 4.99. The number of carbonyl (C=O) groups excluding carboxylic acids is 1. The lowest BCUT2D eigenvalue weighted by atomic mass is 10.2. The Morgan fingerprint density at radius 2 is 2.07 bits per heavy atom. The summed E-state index contributed by atoms with van der Waals surface area (Å²) in [5.74, 6) is 4.84. The third kappa shape index (κ3) is 7.97. The number of likely N-dealkylation sites (N-methyl/N-ethyl adjacent to an activating group) is 1. The molecule has 0 aromatic heterocycles. The summed E-state index contributed by atoms with van der Waals surface area (Å²) in [6, 6.07) is 0. The average molecular weight is 203 g/mol. The van der Waals surface area contributed by atoms with Crippen LogP contribution in [0.4, 0.5) is 0 Å². The summed E-state index contributed by atoms with van der Waals surface area (Å²) in [6.07, 6.45) is 3.44. The molecule has 0 radical (unpaired) electrons. The zero-order valence-electron chi connectivity index (χ0n) is 8.83. The van der Waals surface area contributed by atoms with E-state index in [4.69, 9.17) is 10.9 Å². The maximum atomic E-state index is 10.7. The Kier molecular flexibility index (Phi) is 8.51. The smallest absolute Gasteiger partial charge is 0.233 e. The number of aliphatic hydroxyl groups excluding tert-OH is 1. The van der Waals surface area contributed by atoms with Gasteiger partial charge in [0.05, 0.1) is 6.61 Å². The third-order valence-corrected chi connectivity index (χ3v) is 2.09. The monoisotopic (exact) mass is 203 g/mol. The fraction of sp³-hybridized carbons (Fsp3) is 0.889. The van der Waals surface area contributed by atoms with Crippen LogP contribution in [0.3, 0.4) is 0 Å². The van der Waals surface area contributed by atoms with E-state index in [9.17, 15) is 4.79 Å². The highest BCUT2D eigenvalue weighted by Gasteiger charge is 1.99. The summed E-state index contributed by atoms with van der Waals surface area (Å²) >= 11 is 0. The molecule has 0 fully saturated rings. The molecular weight excluding hydrogens is 182 g/mol. The van der Waals surface area contributed by atoms with Gasteiger partial charge in [0.25, 0.3) is 0 Å². The van der Waals surface area contributed by atoms with Crippen molar-refractivity contribution < 1.29 is 9.90 Å². The van der Waals surface area contributed by atoms with E-state index in [2.05, 4.69) is 10.3 Å². The van der Waals surface area contributed by atoms with Gasteiger partial charge in [-0.05, 0) is 26.4 Å². The highest BCUT2D eigenvalue weighted by Crippen LogP contribution is 2.00. The summed E-state index contributed by atoms with van der Waals surface area (Å²) in [6.45, 7) is 1.88. The highest BCUT2D eigenvalue weighted by atomic mass is 16.3. The molecule has 0 aromatic carbocycles. The Morgan fingerprint density at radius 1 is 1.36 bits per heavy atom. The van der Waals surface area contributed by atoms with Gasteiger partial charge in [-0.1, -0.05) is 6.42 Å². The van der Waals surface area contributed by atoms with Crippen molar-refractivity contribution in [1.82, 2.24) is 10.3 Å². The van der Waals surface area contributed by atoms with Gasteiger partial charge in [-0.3, -0.25) is 10.2 Å². The van der Waals surface area contributed by atoms with Crippen LogP contribution in [0.25, 0.3) is 0 Å². The summed E-state index contributed by atoms with van der Waals surface area (Å²) in [5, 5.41) is 8.64. The lowest BCUT2D eigenvalue weighted by Crippen LogP contribution is -2.29. The van der Waals surface area contributed by atoms with E-state index in [-0.39, 0.29) is 12.5 Å². The first kappa shape index (κ1) is 13.4. The van der Waals surface area contributed by atoms with Crippen molar-refractivity contribution >= 4 is 5.91 Å². The Morgan fingerprint density at radius 3 is 2.64 bits per heavy atom. The summed E-state index contributed by atoms with van der Waals surface area (Å²) in [4.78, 5) is 12.8. The fourth-order valence-corrected chi connectivity index (χ4v) is 1.20. The normalized spacial score (nSPS) is 10.6. The van der Waals surface area contributed by atoms with Gasteiger partial charge in [0.1, 0.15) is 0 Å². The lowest BCUT2D eigenvalue weighted by molar-refractivity contribution is -0.121. The number of nitrogens with zero attached hydrogens (tertiary/aromatic N) is 1. The van der Waals surface area contributed by atoms with Crippen LogP contribution < -0.4 is 11.3 Å². The van der Waals surface area contributed by atoms with Gasteiger partial charge < -0.3 is 10.0 Å². The number of hydrogen-bond donors (Lipinski definition) is 3. The lowest BCUT2D eigenvalue weighted by Gasteiger charge is -2.14. The number of unbranched alkanes of at least 4 members (excludes halogenated alkanes) is 2. The largest absolute Gasteiger partial charge is 0.395 e. The second kappa shape index (κ2) is 8.93. The van der Waals surface area contributed by atoms with Gasteiger partial charge in [0.2, 0.25) is 5.91 Å². The van der Waals surface area contributed by atoms with Crippen molar-refractivity contribution in [2.45, 2.75) is 25.7 Å². The number of hydrogen-bond acceptors (Lipinski definition) is 4. The fourth-order valence-electron chi connectivity index (χ4n) is 1.20. The average Bonchev–Trinajstić information content (AvgIpc) is 2.17. The number of carbonyl (C=O) groups is 1. The van der Waals surface area contributed by atoms with E-state index < -0.39 is 0 Å². The highest BCUT2D eigenvalue weighted by molar-refractivity contribution is 5.74. The minimum atomic E-state index is -0.103. The Hall–Kier alpha value is -0.650. The second-order valence-corrected chi connectivity index (χ2v) is 3.41. The van der Waals surface area contributed by atoms with Crippen molar-refractivity contribution in [2.24, 2.45) is 5.84 Å². The third-order valence-electron chi connectivity index (χ3n) is 2.09. The zero-order chi connectivity index (χ0) is 10.8. The number of hydrazine groups is 1. The van der Waals surface area contributed by atoms with E-state index in [0.717, 1.165) is 25.8 Å². The molecule has 0 unspecified atom stereocenters. The van der Waals surface area contributed by atoms with Gasteiger partial charge in [-0.25, -0.2) is 5.84 Å². The van der Waals surface area contributed by atoms with Gasteiger partial charge >= 0.3 is 0 Å². The topological polar surface area (TPSA) is 78.6 Å². The summed E-state index contributed by atoms with van der Waals surface area (Å²) in [5.41, 5.74) is 2.10. The number of nitrogens with one attached hydrogen (secondary N) is 1. The maximum Gasteiger partial charge on any atom is 0.233 e. The molecule has 0 aliphatic rings. The van der Waals surface area contributed by atoms with E-state index in [1.54, 1.807) is 0 Å². The molecule has 0 saturated carbocycles. The van der Waals surface area contributed by atoms with Gasteiger partial charge in [0.15, 0.2) is 0 Å². The molecule has 4 N–H and O–H groups in total. The molecule has 84 valence electrons. The molecule has 5 nitrogen and oxygen atoms in total. The zero-order valence-corrected chi connectivity index (χ0v) is 8.83. The number of rotatable bonds is 8. The first-order chi connectivity index (χ1) is 6.70. The second-order valence-electron chi connectivity index (χ2n) is 3.41. The SMILES string of the molecule is CN(CCO)CCCCCC(=O)NN. The van der Waals surface area contributed by atoms with E-state index in [1.807, 2.05) is 7.05 Å². The summed E-state index contributed by atoms with van der Waals surface area (Å²) < 4.78 is 0. The minimum absolute atomic E-state index is 0.103. The van der Waals surface area contributed by atoms with Crippen molar-refractivity contribution in [1.29, 1.82) is 0 Å². The van der Waals surface area contributed by atoms with Crippen LogP contribution in [0.15, 0.2) is 0 Å². The van der Waals surface area contributed by atoms with Gasteiger partial charge in [-0.2, -0.15) is 0 Å². The van der Waals surface area contributed by atoms with Crippen molar-refractivity contribution in [3.63, 3.8) is 0 Å². The van der Waals surface area contributed by atoms with Crippen LogP contribution in [-0.4, -0.2) is 42.7 Å². The molecule has 0 spiro atoms. The molecule has 0 heterocycles. The molecular formula is C9H21N3O2. The predicted molar refractivity (Wildman–Crippen MR) is 55.4 cm³/mol. The predicted octanol–water partition coefficient (Wildman–Crippen LogP) is -0.539. The number of nitrogens with two attached hydrogens (primary N) is 1. The molecule has 0 aliphatic heterocycles. The number of amides is 1. The van der Waals surface area contributed by atoms with Crippen LogP contribution >= 0.6 is 0 Å². The summed E-state index contributed by atoms with van der Waals surface area (Å²) in [7, 11) is 1.98. The van der Waals surface area contributed by atoms with Crippen LogP contribution in [0, 0.1) is 0 Å². The molecule has 0 aliphatic carbocycles. The van der Waals surface area contributed by atoms with Gasteiger partial charge in [0, 0.05) is 13.0 Å². The molecule has 0 bridgehead atoms. The van der Waals surface area contributed by atoms with Crippen LogP contribution in [-0.2, 0) is 4.79 Å². The molecule has 0 aromatic rings. The van der Waals surface area contributed by atoms with Crippen molar-refractivity contribution in [2.75, 3.05) is 26.7 Å². The van der Waals surface area contributed by atoms with Crippen molar-refractivity contribution in [3.8, 4) is 0 Å². The molecule has 1 amide bonds. The standard InChI is InChI=1S/C9H21N3O2/c1-12(7-8-13)6-4-2-3-5-9(14)11-10/h13H,2-8,10H2,1H3,(H,11,14). The molecule has 0 saturated heterocycles. The minimum Gasteiger partial charge on any atom is -0.395 e. The Labute approximate surface area is 85.2 Å². The molecule has 0 atom stereocenters. The van der Waals surface area contributed by atoms with E-state index >= 15 is 0 Å². The number of aliphatic hydroxyl groups is 1. The van der Waals surface area contributed by atoms with Gasteiger partial charge in [-0.15, -0.1) is 0 Å². The van der Waals surface area contributed by atoms with E-state index in [1.165, 1.54) is 0 Å². The molecule has 0 rings (SSSR count). The van der Waals surface area contributed by atoms with Crippen LogP contribution in [0.2, 0.25) is 0 Å². The van der Waals surface area contributed by atoms with Crippen LogP contribution in [0.5, 0.6) is 0 Å². The molecule has 14 heavy (non-hydrogen) atoms. The Balaban J connectivity index is 3.17. The maximum absolute atomic E-state index is 10.7. The van der Waals surface area contributed by atoms with E-state index in [0.29, 0.717) is 13.0 Å². The molecule has 5 heteroatoms. The Bertz CT molecular complexity index is 153. The van der Waals surface area contributed by atoms with Crippen molar-refractivity contribution in [3.05, 3.63) is 0 Å². The quantitative estimate of drug-likeness (QED) is 0.214.